The van der Waals surface area contributed by atoms with Gasteiger partial charge in [-0.05, 0) is 24.6 Å². The van der Waals surface area contributed by atoms with E-state index < -0.39 is 6.10 Å². The quantitative estimate of drug-likeness (QED) is 0.830. The average Bonchev–Trinajstić information content (AvgIpc) is 2.38. The summed E-state index contributed by atoms with van der Waals surface area (Å²) in [6.07, 6.45) is 1.03. The maximum Gasteiger partial charge on any atom is 0.129 e. The zero-order valence-electron chi connectivity index (χ0n) is 10.2. The molecule has 0 spiro atoms. The maximum absolute atomic E-state index is 10.1. The second-order valence-electron chi connectivity index (χ2n) is 4.07. The molecule has 3 N–H and O–H groups in total. The number of pyridine rings is 1. The highest BCUT2D eigenvalue weighted by Crippen LogP contribution is 2.28. The Labute approximate surface area is 111 Å². The first-order chi connectivity index (χ1) is 8.68. The lowest BCUT2D eigenvalue weighted by Crippen LogP contribution is -2.06. The summed E-state index contributed by atoms with van der Waals surface area (Å²) in [7, 11) is 0. The second-order valence-corrected chi connectivity index (χ2v) is 5.13. The van der Waals surface area contributed by atoms with E-state index in [2.05, 4.69) is 24.0 Å². The summed E-state index contributed by atoms with van der Waals surface area (Å²) < 4.78 is 0. The number of benzene rings is 1. The molecule has 1 heterocycles. The largest absolute Gasteiger partial charge is 0.387 e. The minimum absolute atomic E-state index is 0.399. The van der Waals surface area contributed by atoms with Crippen molar-refractivity contribution in [2.24, 2.45) is 0 Å². The van der Waals surface area contributed by atoms with Gasteiger partial charge in [-0.2, -0.15) is 0 Å². The number of thioether (sulfide) groups is 1. The van der Waals surface area contributed by atoms with Crippen molar-refractivity contribution in [2.75, 3.05) is 11.5 Å². The Morgan fingerprint density at radius 1 is 1.28 bits per heavy atom. The molecule has 4 heteroatoms. The van der Waals surface area contributed by atoms with Gasteiger partial charge in [0.15, 0.2) is 0 Å². The van der Waals surface area contributed by atoms with Crippen LogP contribution in [-0.2, 0) is 0 Å². The molecule has 0 amide bonds. The van der Waals surface area contributed by atoms with Crippen LogP contribution in [0, 0.1) is 6.92 Å². The third-order valence-corrected chi connectivity index (χ3v) is 3.97. The normalized spacial score (nSPS) is 12.3. The van der Waals surface area contributed by atoms with Crippen molar-refractivity contribution in [3.05, 3.63) is 53.7 Å². The highest BCUT2D eigenvalue weighted by atomic mass is 32.2. The second kappa shape index (κ2) is 5.89. The molecule has 0 aliphatic carbocycles. The summed E-state index contributed by atoms with van der Waals surface area (Å²) in [5.74, 6) is 0.969. The molecule has 0 aliphatic heterocycles. The maximum atomic E-state index is 10.1. The van der Waals surface area contributed by atoms with Gasteiger partial charge in [-0.3, -0.25) is 0 Å². The molecule has 1 aromatic heterocycles. The molecule has 94 valence electrons. The Balaban J connectivity index is 2.03. The van der Waals surface area contributed by atoms with Crippen molar-refractivity contribution in [3.8, 4) is 0 Å². The van der Waals surface area contributed by atoms with Crippen LogP contribution in [0.5, 0.6) is 0 Å². The number of hydrogen-bond acceptors (Lipinski definition) is 4. The molecule has 0 saturated heterocycles. The molecule has 18 heavy (non-hydrogen) atoms. The van der Waals surface area contributed by atoms with E-state index in [4.69, 9.17) is 5.73 Å². The average molecular weight is 260 g/mol. The zero-order valence-corrected chi connectivity index (χ0v) is 11.0. The van der Waals surface area contributed by atoms with Crippen molar-refractivity contribution in [3.63, 3.8) is 0 Å². The molecule has 0 aliphatic rings. The number of aliphatic hydroxyl groups excluding tert-OH is 1. The van der Waals surface area contributed by atoms with E-state index in [0.717, 1.165) is 0 Å². The van der Waals surface area contributed by atoms with E-state index in [0.29, 0.717) is 17.1 Å². The summed E-state index contributed by atoms with van der Waals surface area (Å²) in [4.78, 5) is 5.16. The number of nitrogens with zero attached hydrogens (tertiary/aromatic N) is 1. The highest BCUT2D eigenvalue weighted by Gasteiger charge is 2.12. The fraction of sp³-hybridized carbons (Fsp3) is 0.214. The minimum Gasteiger partial charge on any atom is -0.387 e. The van der Waals surface area contributed by atoms with Crippen molar-refractivity contribution in [1.82, 2.24) is 4.98 Å². The van der Waals surface area contributed by atoms with Crippen LogP contribution in [0.2, 0.25) is 0 Å². The first-order valence-electron chi connectivity index (χ1n) is 5.75. The molecular formula is C14H16N2OS. The SMILES string of the molecule is Cc1ccccc1SCC(O)c1cccnc1N. The first-order valence-corrected chi connectivity index (χ1v) is 6.74. The molecule has 0 radical (unpaired) electrons. The van der Waals surface area contributed by atoms with Gasteiger partial charge in [-0.25, -0.2) is 4.98 Å². The van der Waals surface area contributed by atoms with Crippen molar-refractivity contribution in [1.29, 1.82) is 0 Å². The van der Waals surface area contributed by atoms with Gasteiger partial charge in [0.25, 0.3) is 0 Å². The summed E-state index contributed by atoms with van der Waals surface area (Å²) in [5, 5.41) is 10.1. The molecular weight excluding hydrogens is 244 g/mol. The van der Waals surface area contributed by atoms with Crippen LogP contribution in [0.4, 0.5) is 5.82 Å². The molecule has 2 aromatic rings. The number of anilines is 1. The van der Waals surface area contributed by atoms with Gasteiger partial charge in [0.05, 0.1) is 6.10 Å². The number of hydrogen-bond donors (Lipinski definition) is 2. The Kier molecular flexibility index (Phi) is 4.23. The predicted octanol–water partition coefficient (Wildman–Crippen LogP) is 2.80. The van der Waals surface area contributed by atoms with Crippen LogP contribution < -0.4 is 5.73 Å². The lowest BCUT2D eigenvalue weighted by molar-refractivity contribution is 0.204. The van der Waals surface area contributed by atoms with Crippen LogP contribution in [0.1, 0.15) is 17.2 Å². The molecule has 0 fully saturated rings. The lowest BCUT2D eigenvalue weighted by atomic mass is 10.2. The van der Waals surface area contributed by atoms with E-state index in [9.17, 15) is 5.11 Å². The van der Waals surface area contributed by atoms with Crippen molar-refractivity contribution in [2.45, 2.75) is 17.9 Å². The molecule has 1 atom stereocenters. The Hall–Kier alpha value is -1.52. The first kappa shape index (κ1) is 12.9. The predicted molar refractivity (Wildman–Crippen MR) is 75.5 cm³/mol. The fourth-order valence-corrected chi connectivity index (χ4v) is 2.68. The van der Waals surface area contributed by atoms with Gasteiger partial charge >= 0.3 is 0 Å². The Bertz CT molecular complexity index is 531. The fourth-order valence-electron chi connectivity index (χ4n) is 1.69. The highest BCUT2D eigenvalue weighted by molar-refractivity contribution is 7.99. The van der Waals surface area contributed by atoms with Gasteiger partial charge in [-0.15, -0.1) is 11.8 Å². The van der Waals surface area contributed by atoms with Crippen LogP contribution in [0.15, 0.2) is 47.5 Å². The molecule has 0 saturated carbocycles. The van der Waals surface area contributed by atoms with Crippen LogP contribution >= 0.6 is 11.8 Å². The van der Waals surface area contributed by atoms with Gasteiger partial charge in [0.2, 0.25) is 0 Å². The lowest BCUT2D eigenvalue weighted by Gasteiger charge is -2.13. The molecule has 0 bridgehead atoms. The van der Waals surface area contributed by atoms with Gasteiger partial charge in [0.1, 0.15) is 5.82 Å². The number of aromatic nitrogens is 1. The van der Waals surface area contributed by atoms with Gasteiger partial charge in [0, 0.05) is 22.4 Å². The van der Waals surface area contributed by atoms with Gasteiger partial charge in [-0.1, -0.05) is 24.3 Å². The zero-order chi connectivity index (χ0) is 13.0. The Morgan fingerprint density at radius 2 is 2.06 bits per heavy atom. The number of aliphatic hydroxyl groups is 1. The van der Waals surface area contributed by atoms with Gasteiger partial charge < -0.3 is 10.8 Å². The number of nitrogens with two attached hydrogens (primary N) is 1. The molecule has 2 rings (SSSR count). The molecule has 1 unspecified atom stereocenters. The Morgan fingerprint density at radius 3 is 2.78 bits per heavy atom. The summed E-state index contributed by atoms with van der Waals surface area (Å²) >= 11 is 1.63. The number of aryl methyl sites for hydroxylation is 1. The number of rotatable bonds is 4. The number of nitrogen functional groups attached to an aromatic ring is 1. The van der Waals surface area contributed by atoms with E-state index >= 15 is 0 Å². The van der Waals surface area contributed by atoms with E-state index in [1.165, 1.54) is 10.5 Å². The third-order valence-electron chi connectivity index (χ3n) is 2.72. The van der Waals surface area contributed by atoms with Crippen LogP contribution in [0.25, 0.3) is 0 Å². The summed E-state index contributed by atoms with van der Waals surface area (Å²) in [6, 6.07) is 11.7. The van der Waals surface area contributed by atoms with Crippen LogP contribution in [0.3, 0.4) is 0 Å². The van der Waals surface area contributed by atoms with E-state index in [1.54, 1.807) is 24.0 Å². The van der Waals surface area contributed by atoms with E-state index in [-0.39, 0.29) is 0 Å². The van der Waals surface area contributed by atoms with Crippen LogP contribution in [-0.4, -0.2) is 15.8 Å². The third kappa shape index (κ3) is 3.03. The molecule has 1 aromatic carbocycles. The topological polar surface area (TPSA) is 59.1 Å². The standard InChI is InChI=1S/C14H16N2OS/c1-10-5-2-3-7-13(10)18-9-12(17)11-6-4-8-16-14(11)15/h2-8,12,17H,9H2,1H3,(H2,15,16). The van der Waals surface area contributed by atoms with E-state index in [1.807, 2.05) is 18.2 Å². The monoisotopic (exact) mass is 260 g/mol. The van der Waals surface area contributed by atoms with Crippen molar-refractivity contribution < 1.29 is 5.11 Å². The smallest absolute Gasteiger partial charge is 0.129 e. The summed E-state index contributed by atoms with van der Waals surface area (Å²) in [6.45, 7) is 2.06. The summed E-state index contributed by atoms with van der Waals surface area (Å²) in [5.41, 5.74) is 7.65. The van der Waals surface area contributed by atoms with Crippen molar-refractivity contribution >= 4 is 17.6 Å². The minimum atomic E-state index is -0.594. The molecule has 3 nitrogen and oxygen atoms in total.